The summed E-state index contributed by atoms with van der Waals surface area (Å²) in [6.45, 7) is 8.73. The average molecular weight is 236 g/mol. The van der Waals surface area contributed by atoms with Gasteiger partial charge in [0.2, 0.25) is 0 Å². The van der Waals surface area contributed by atoms with Gasteiger partial charge in [-0.1, -0.05) is 26.0 Å². The Morgan fingerprint density at radius 1 is 1.47 bits per heavy atom. The monoisotopic (exact) mass is 236 g/mol. The molecule has 2 fully saturated rings. The Morgan fingerprint density at radius 2 is 2.18 bits per heavy atom. The van der Waals surface area contributed by atoms with Crippen molar-refractivity contribution in [3.05, 3.63) is 12.2 Å². The van der Waals surface area contributed by atoms with E-state index in [-0.39, 0.29) is 23.7 Å². The predicted octanol–water partition coefficient (Wildman–Crippen LogP) is 2.96. The summed E-state index contributed by atoms with van der Waals surface area (Å²) in [4.78, 5) is 12.1. The molecule has 3 atom stereocenters. The number of aliphatic hydroxyl groups is 1. The Labute approximate surface area is 104 Å². The molecule has 0 aromatic heterocycles. The highest BCUT2D eigenvalue weighted by atomic mass is 16.3. The van der Waals surface area contributed by atoms with E-state index < -0.39 is 0 Å². The fraction of sp³-hybridized carbons (Fsp3) is 0.800. The highest BCUT2D eigenvalue weighted by Gasteiger charge is 2.49. The van der Waals surface area contributed by atoms with Gasteiger partial charge >= 0.3 is 0 Å². The minimum absolute atomic E-state index is 0.0170. The smallest absolute Gasteiger partial charge is 0.138 e. The van der Waals surface area contributed by atoms with Crippen molar-refractivity contribution in [3.8, 4) is 0 Å². The van der Waals surface area contributed by atoms with Crippen LogP contribution in [-0.4, -0.2) is 17.5 Å². The topological polar surface area (TPSA) is 37.3 Å². The highest BCUT2D eigenvalue weighted by molar-refractivity contribution is 5.81. The normalized spacial score (nSPS) is 37.5. The third kappa shape index (κ3) is 2.33. The zero-order valence-corrected chi connectivity index (χ0v) is 11.0. The van der Waals surface area contributed by atoms with Crippen LogP contribution < -0.4 is 0 Å². The number of hydrogen-bond acceptors (Lipinski definition) is 2. The van der Waals surface area contributed by atoms with Crippen LogP contribution >= 0.6 is 0 Å². The molecule has 2 saturated carbocycles. The molecular formula is C15H24O2. The molecule has 0 heterocycles. The summed E-state index contributed by atoms with van der Waals surface area (Å²) in [6.07, 6.45) is 4.67. The van der Waals surface area contributed by atoms with Crippen molar-refractivity contribution >= 4 is 5.78 Å². The van der Waals surface area contributed by atoms with E-state index in [4.69, 9.17) is 0 Å². The van der Waals surface area contributed by atoms with Crippen LogP contribution in [0.2, 0.25) is 0 Å². The quantitative estimate of drug-likeness (QED) is 0.711. The molecule has 1 N–H and O–H groups in total. The standard InChI is InChI=1S/C15H24O2/c1-10-5-4-6-11(9-16)14(17)7-13-12(10)8-15(13,2)3/h11-13,16H,1,4-9H2,2-3H3/t11-,12+,13-/m0/s1. The van der Waals surface area contributed by atoms with Gasteiger partial charge in [-0.05, 0) is 42.9 Å². The first-order chi connectivity index (χ1) is 7.95. The molecule has 2 heteroatoms. The molecule has 0 radical (unpaired) electrons. The molecule has 0 saturated heterocycles. The molecule has 0 aromatic rings. The molecule has 96 valence electrons. The number of allylic oxidation sites excluding steroid dienone is 1. The summed E-state index contributed by atoms with van der Waals surface area (Å²) in [7, 11) is 0. The van der Waals surface area contributed by atoms with Crippen LogP contribution in [0.1, 0.15) is 46.0 Å². The summed E-state index contributed by atoms with van der Waals surface area (Å²) in [5.74, 6) is 1.14. The van der Waals surface area contributed by atoms with E-state index in [9.17, 15) is 9.90 Å². The number of ketones is 1. The molecule has 0 unspecified atom stereocenters. The fourth-order valence-corrected chi connectivity index (χ4v) is 3.59. The summed E-state index contributed by atoms with van der Waals surface area (Å²) < 4.78 is 0. The number of carbonyl (C=O) groups is 1. The largest absolute Gasteiger partial charge is 0.396 e. The molecule has 2 nitrogen and oxygen atoms in total. The highest BCUT2D eigenvalue weighted by Crippen LogP contribution is 2.56. The lowest BCUT2D eigenvalue weighted by molar-refractivity contribution is -0.129. The average Bonchev–Trinajstić information content (AvgIpc) is 2.31. The van der Waals surface area contributed by atoms with Crippen molar-refractivity contribution in [2.45, 2.75) is 46.0 Å². The molecular weight excluding hydrogens is 212 g/mol. The minimum Gasteiger partial charge on any atom is -0.396 e. The first kappa shape index (κ1) is 12.8. The summed E-state index contributed by atoms with van der Waals surface area (Å²) in [5, 5.41) is 9.29. The van der Waals surface area contributed by atoms with E-state index in [1.165, 1.54) is 12.0 Å². The molecule has 2 aliphatic rings. The van der Waals surface area contributed by atoms with Gasteiger partial charge in [0.05, 0.1) is 6.61 Å². The molecule has 0 bridgehead atoms. The van der Waals surface area contributed by atoms with Crippen LogP contribution in [0.5, 0.6) is 0 Å². The van der Waals surface area contributed by atoms with Gasteiger partial charge in [0, 0.05) is 12.3 Å². The van der Waals surface area contributed by atoms with Crippen molar-refractivity contribution in [3.63, 3.8) is 0 Å². The third-order valence-electron chi connectivity index (χ3n) is 4.91. The van der Waals surface area contributed by atoms with Crippen molar-refractivity contribution in [1.29, 1.82) is 0 Å². The number of hydrogen-bond donors (Lipinski definition) is 1. The first-order valence-corrected chi connectivity index (χ1v) is 6.77. The van der Waals surface area contributed by atoms with E-state index in [0.717, 1.165) is 19.3 Å². The van der Waals surface area contributed by atoms with Gasteiger partial charge in [-0.2, -0.15) is 0 Å². The van der Waals surface area contributed by atoms with Crippen LogP contribution in [0.3, 0.4) is 0 Å². The van der Waals surface area contributed by atoms with E-state index in [2.05, 4.69) is 20.4 Å². The van der Waals surface area contributed by atoms with Crippen LogP contribution in [0.25, 0.3) is 0 Å². The third-order valence-corrected chi connectivity index (χ3v) is 4.91. The number of rotatable bonds is 1. The Morgan fingerprint density at radius 3 is 2.76 bits per heavy atom. The first-order valence-electron chi connectivity index (χ1n) is 6.77. The second-order valence-electron chi connectivity index (χ2n) is 6.51. The molecule has 0 spiro atoms. The number of fused-ring (bicyclic) bond motifs is 1. The van der Waals surface area contributed by atoms with Crippen LogP contribution in [0, 0.1) is 23.2 Å². The van der Waals surface area contributed by atoms with Crippen molar-refractivity contribution in [1.82, 2.24) is 0 Å². The Kier molecular flexibility index (Phi) is 3.44. The van der Waals surface area contributed by atoms with Gasteiger partial charge in [-0.3, -0.25) is 4.79 Å². The number of Topliss-reactive ketones (excluding diaryl/α,β-unsaturated/α-hetero) is 1. The van der Waals surface area contributed by atoms with E-state index in [0.29, 0.717) is 18.3 Å². The Balaban J connectivity index is 2.16. The summed E-state index contributed by atoms with van der Waals surface area (Å²) in [6, 6.07) is 0. The Hall–Kier alpha value is -0.630. The van der Waals surface area contributed by atoms with E-state index >= 15 is 0 Å². The lowest BCUT2D eigenvalue weighted by Gasteiger charge is -2.52. The molecule has 17 heavy (non-hydrogen) atoms. The summed E-state index contributed by atoms with van der Waals surface area (Å²) in [5.41, 5.74) is 1.61. The van der Waals surface area contributed by atoms with E-state index in [1.807, 2.05) is 0 Å². The maximum Gasteiger partial charge on any atom is 0.138 e. The van der Waals surface area contributed by atoms with Gasteiger partial charge in [0.25, 0.3) is 0 Å². The second-order valence-corrected chi connectivity index (χ2v) is 6.51. The summed E-state index contributed by atoms with van der Waals surface area (Å²) >= 11 is 0. The maximum atomic E-state index is 12.1. The predicted molar refractivity (Wildman–Crippen MR) is 68.6 cm³/mol. The van der Waals surface area contributed by atoms with Gasteiger partial charge in [0.1, 0.15) is 5.78 Å². The van der Waals surface area contributed by atoms with Crippen LogP contribution in [0.4, 0.5) is 0 Å². The fourth-order valence-electron chi connectivity index (χ4n) is 3.59. The van der Waals surface area contributed by atoms with Crippen molar-refractivity contribution in [2.24, 2.45) is 23.2 Å². The minimum atomic E-state index is -0.127. The van der Waals surface area contributed by atoms with Gasteiger partial charge in [0.15, 0.2) is 0 Å². The Bertz CT molecular complexity index is 330. The van der Waals surface area contributed by atoms with Gasteiger partial charge < -0.3 is 5.11 Å². The molecule has 0 aliphatic heterocycles. The van der Waals surface area contributed by atoms with Gasteiger partial charge in [-0.25, -0.2) is 0 Å². The molecule has 0 aromatic carbocycles. The molecule has 2 rings (SSSR count). The van der Waals surface area contributed by atoms with E-state index in [1.54, 1.807) is 0 Å². The maximum absolute atomic E-state index is 12.1. The number of aliphatic hydroxyl groups excluding tert-OH is 1. The lowest BCUT2D eigenvalue weighted by Crippen LogP contribution is -2.46. The van der Waals surface area contributed by atoms with Crippen LogP contribution in [-0.2, 0) is 4.79 Å². The zero-order chi connectivity index (χ0) is 12.6. The van der Waals surface area contributed by atoms with Gasteiger partial charge in [-0.15, -0.1) is 0 Å². The second kappa shape index (κ2) is 4.56. The molecule has 0 amide bonds. The lowest BCUT2D eigenvalue weighted by atomic mass is 9.52. The van der Waals surface area contributed by atoms with Crippen molar-refractivity contribution in [2.75, 3.05) is 6.61 Å². The van der Waals surface area contributed by atoms with Crippen molar-refractivity contribution < 1.29 is 9.90 Å². The molecule has 2 aliphatic carbocycles. The number of carbonyl (C=O) groups excluding carboxylic acids is 1. The SMILES string of the molecule is C=C1CCC[C@@H](CO)C(=O)C[C@H]2[C@@H]1CC2(C)C. The zero-order valence-electron chi connectivity index (χ0n) is 11.0. The van der Waals surface area contributed by atoms with Crippen LogP contribution in [0.15, 0.2) is 12.2 Å².